The summed E-state index contributed by atoms with van der Waals surface area (Å²) in [6.07, 6.45) is 4.18. The van der Waals surface area contributed by atoms with E-state index in [1.54, 1.807) is 35.2 Å². The molecule has 2 atom stereocenters. The first-order valence-corrected chi connectivity index (χ1v) is 10.9. The van der Waals surface area contributed by atoms with Gasteiger partial charge in [-0.15, -0.1) is 0 Å². The number of para-hydroxylation sites is 2. The summed E-state index contributed by atoms with van der Waals surface area (Å²) in [4.78, 5) is 41.6. The van der Waals surface area contributed by atoms with Crippen LogP contribution in [0.3, 0.4) is 0 Å². The molecule has 2 amide bonds. The van der Waals surface area contributed by atoms with Gasteiger partial charge >= 0.3 is 0 Å². The molecule has 1 N–H and O–H groups in total. The topological polar surface area (TPSA) is 92.8 Å². The second-order valence-electron chi connectivity index (χ2n) is 8.12. The summed E-state index contributed by atoms with van der Waals surface area (Å²) in [5.41, 5.74) is 1.95. The van der Waals surface area contributed by atoms with Crippen molar-refractivity contribution in [2.24, 2.45) is 11.8 Å². The third kappa shape index (κ3) is 4.66. The first-order chi connectivity index (χ1) is 15.5. The molecule has 1 heterocycles. The van der Waals surface area contributed by atoms with Crippen molar-refractivity contribution in [2.45, 2.75) is 12.8 Å². The van der Waals surface area contributed by atoms with Crippen LogP contribution >= 0.6 is 0 Å². The lowest BCUT2D eigenvalue weighted by Crippen LogP contribution is -2.49. The van der Waals surface area contributed by atoms with E-state index in [9.17, 15) is 19.5 Å². The average Bonchev–Trinajstić information content (AvgIpc) is 2.84. The fourth-order valence-corrected chi connectivity index (χ4v) is 4.35. The number of aliphatic carboxylic acids is 1. The van der Waals surface area contributed by atoms with Gasteiger partial charge < -0.3 is 25.0 Å². The number of carbonyl (C=O) groups is 3. The first-order valence-electron chi connectivity index (χ1n) is 10.9. The number of anilines is 2. The van der Waals surface area contributed by atoms with Crippen LogP contribution in [0.4, 0.5) is 11.4 Å². The van der Waals surface area contributed by atoms with Crippen LogP contribution < -0.4 is 15.3 Å². The standard InChI is InChI=1S/C25H27N3O4/c29-23(19-10-4-5-11-20(19)25(31)32)26-22-13-7-6-12-21(22)24(30)28-16-14-27(15-17-28)18-8-2-1-3-9-18/h1-9,12-13,19-20H,10-11,14-17H2,(H,26,29)(H,31,32)/p-1/t19-,20+/m1/s1. The van der Waals surface area contributed by atoms with Gasteiger partial charge in [0.1, 0.15) is 0 Å². The van der Waals surface area contributed by atoms with Crippen molar-refractivity contribution in [3.63, 3.8) is 0 Å². The van der Waals surface area contributed by atoms with Crippen LogP contribution in [0.5, 0.6) is 0 Å². The fourth-order valence-electron chi connectivity index (χ4n) is 4.35. The minimum absolute atomic E-state index is 0.145. The Balaban J connectivity index is 1.44. The van der Waals surface area contributed by atoms with E-state index in [1.165, 1.54) is 0 Å². The molecule has 0 bridgehead atoms. The maximum absolute atomic E-state index is 13.2. The van der Waals surface area contributed by atoms with Crippen LogP contribution in [0.2, 0.25) is 0 Å². The Morgan fingerprint density at radius 3 is 2.12 bits per heavy atom. The number of amides is 2. The van der Waals surface area contributed by atoms with Gasteiger partial charge in [0, 0.05) is 43.8 Å². The molecule has 0 saturated carbocycles. The molecular weight excluding hydrogens is 406 g/mol. The molecule has 0 spiro atoms. The van der Waals surface area contributed by atoms with Crippen molar-refractivity contribution in [2.75, 3.05) is 36.4 Å². The zero-order valence-electron chi connectivity index (χ0n) is 17.8. The molecule has 1 fully saturated rings. The van der Waals surface area contributed by atoms with Gasteiger partial charge in [-0.3, -0.25) is 9.59 Å². The molecule has 2 aromatic rings. The first kappa shape index (κ1) is 21.6. The molecule has 32 heavy (non-hydrogen) atoms. The Bertz CT molecular complexity index is 1010. The molecule has 2 aliphatic rings. The summed E-state index contributed by atoms with van der Waals surface area (Å²) in [7, 11) is 0. The number of piperazine rings is 1. The maximum Gasteiger partial charge on any atom is 0.256 e. The number of nitrogens with zero attached hydrogens (tertiary/aromatic N) is 2. The van der Waals surface area contributed by atoms with E-state index in [4.69, 9.17) is 0 Å². The predicted octanol–water partition coefficient (Wildman–Crippen LogP) is 1.92. The van der Waals surface area contributed by atoms with Gasteiger partial charge in [0.2, 0.25) is 5.91 Å². The van der Waals surface area contributed by atoms with E-state index in [-0.39, 0.29) is 12.3 Å². The second kappa shape index (κ2) is 9.68. The highest BCUT2D eigenvalue weighted by Gasteiger charge is 2.31. The summed E-state index contributed by atoms with van der Waals surface area (Å²) in [6.45, 7) is 2.62. The van der Waals surface area contributed by atoms with Gasteiger partial charge in [0.05, 0.1) is 17.2 Å². The van der Waals surface area contributed by atoms with Gasteiger partial charge in [-0.2, -0.15) is 0 Å². The number of benzene rings is 2. The van der Waals surface area contributed by atoms with Crippen molar-refractivity contribution in [1.82, 2.24) is 4.90 Å². The number of rotatable bonds is 5. The minimum atomic E-state index is -1.23. The molecule has 7 nitrogen and oxygen atoms in total. The summed E-state index contributed by atoms with van der Waals surface area (Å²) >= 11 is 0. The predicted molar refractivity (Wildman–Crippen MR) is 120 cm³/mol. The average molecular weight is 433 g/mol. The van der Waals surface area contributed by atoms with Crippen molar-refractivity contribution >= 4 is 29.2 Å². The van der Waals surface area contributed by atoms with E-state index < -0.39 is 23.7 Å². The largest absolute Gasteiger partial charge is 0.550 e. The third-order valence-corrected chi connectivity index (χ3v) is 6.18. The highest BCUT2D eigenvalue weighted by atomic mass is 16.4. The van der Waals surface area contributed by atoms with Crippen molar-refractivity contribution < 1.29 is 19.5 Å². The highest BCUT2D eigenvalue weighted by Crippen LogP contribution is 2.28. The van der Waals surface area contributed by atoms with Crippen LogP contribution in [-0.4, -0.2) is 48.9 Å². The molecule has 2 aromatic carbocycles. The smallest absolute Gasteiger partial charge is 0.256 e. The molecule has 0 unspecified atom stereocenters. The van der Waals surface area contributed by atoms with E-state index in [0.29, 0.717) is 30.8 Å². The number of hydrogen-bond donors (Lipinski definition) is 1. The Hall–Kier alpha value is -3.61. The zero-order chi connectivity index (χ0) is 22.5. The highest BCUT2D eigenvalue weighted by molar-refractivity contribution is 6.04. The number of carboxylic acid groups (broad SMARTS) is 1. The molecule has 7 heteroatoms. The number of carbonyl (C=O) groups excluding carboxylic acids is 3. The molecule has 166 valence electrons. The summed E-state index contributed by atoms with van der Waals surface area (Å²) in [6, 6.07) is 17.0. The van der Waals surface area contributed by atoms with Gasteiger partial charge in [-0.1, -0.05) is 42.5 Å². The summed E-state index contributed by atoms with van der Waals surface area (Å²) in [5.74, 6) is -3.36. The Labute approximate surface area is 187 Å². The van der Waals surface area contributed by atoms with Crippen molar-refractivity contribution in [1.29, 1.82) is 0 Å². The fraction of sp³-hybridized carbons (Fsp3) is 0.320. The van der Waals surface area contributed by atoms with E-state index in [1.807, 2.05) is 24.3 Å². The summed E-state index contributed by atoms with van der Waals surface area (Å²) < 4.78 is 0. The Morgan fingerprint density at radius 1 is 0.812 bits per heavy atom. The van der Waals surface area contributed by atoms with E-state index in [0.717, 1.165) is 18.8 Å². The number of carboxylic acids is 1. The van der Waals surface area contributed by atoms with Crippen LogP contribution in [-0.2, 0) is 9.59 Å². The molecule has 0 aromatic heterocycles. The van der Waals surface area contributed by atoms with Gasteiger partial charge in [0.15, 0.2) is 0 Å². The monoisotopic (exact) mass is 432 g/mol. The van der Waals surface area contributed by atoms with Crippen LogP contribution in [0.15, 0.2) is 66.7 Å². The number of hydrogen-bond acceptors (Lipinski definition) is 5. The molecular formula is C25H26N3O4-. The van der Waals surface area contributed by atoms with Gasteiger partial charge in [0.25, 0.3) is 5.91 Å². The lowest BCUT2D eigenvalue weighted by atomic mass is 9.82. The number of allylic oxidation sites excluding steroid dienone is 2. The third-order valence-electron chi connectivity index (χ3n) is 6.18. The Morgan fingerprint density at radius 2 is 1.44 bits per heavy atom. The molecule has 1 saturated heterocycles. The number of nitrogens with one attached hydrogen (secondary N) is 1. The minimum Gasteiger partial charge on any atom is -0.550 e. The van der Waals surface area contributed by atoms with Gasteiger partial charge in [-0.25, -0.2) is 0 Å². The quantitative estimate of drug-likeness (QED) is 0.729. The second-order valence-corrected chi connectivity index (χ2v) is 8.12. The Kier molecular flexibility index (Phi) is 6.54. The van der Waals surface area contributed by atoms with E-state index >= 15 is 0 Å². The maximum atomic E-state index is 13.2. The van der Waals surface area contributed by atoms with Crippen molar-refractivity contribution in [3.8, 4) is 0 Å². The van der Waals surface area contributed by atoms with E-state index in [2.05, 4.69) is 22.3 Å². The normalized spacial score (nSPS) is 20.6. The lowest BCUT2D eigenvalue weighted by Gasteiger charge is -2.36. The molecule has 1 aliphatic heterocycles. The van der Waals surface area contributed by atoms with Crippen molar-refractivity contribution in [3.05, 3.63) is 72.3 Å². The SMILES string of the molecule is O=C([O-])[C@H]1CC=CC[C@H]1C(=O)Nc1ccccc1C(=O)N1CCN(c2ccccc2)CC1. The lowest BCUT2D eigenvalue weighted by molar-refractivity contribution is -0.313. The van der Waals surface area contributed by atoms with Crippen LogP contribution in [0.25, 0.3) is 0 Å². The van der Waals surface area contributed by atoms with Gasteiger partial charge in [-0.05, 0) is 37.1 Å². The van der Waals surface area contributed by atoms with Crippen LogP contribution in [0.1, 0.15) is 23.2 Å². The zero-order valence-corrected chi connectivity index (χ0v) is 17.8. The molecule has 1 aliphatic carbocycles. The molecule has 4 rings (SSSR count). The van der Waals surface area contributed by atoms with Crippen LogP contribution in [0, 0.1) is 11.8 Å². The molecule has 0 radical (unpaired) electrons. The summed E-state index contributed by atoms with van der Waals surface area (Å²) in [5, 5.41) is 14.2.